The Bertz CT molecular complexity index is 561. The monoisotopic (exact) mass is 256 g/mol. The van der Waals surface area contributed by atoms with Crippen molar-refractivity contribution in [2.75, 3.05) is 11.4 Å². The molecule has 0 radical (unpaired) electrons. The second kappa shape index (κ2) is 5.05. The highest BCUT2D eigenvalue weighted by Crippen LogP contribution is 2.29. The molecule has 100 valence electrons. The van der Waals surface area contributed by atoms with E-state index in [4.69, 9.17) is 5.73 Å². The minimum absolute atomic E-state index is 0.109. The third-order valence-corrected chi connectivity index (χ3v) is 3.86. The molecule has 1 aliphatic heterocycles. The molecule has 2 N–H and O–H groups in total. The Morgan fingerprint density at radius 1 is 1.32 bits per heavy atom. The fourth-order valence-electron chi connectivity index (χ4n) is 2.69. The number of anilines is 1. The van der Waals surface area contributed by atoms with Crippen LogP contribution in [0.15, 0.2) is 36.7 Å². The van der Waals surface area contributed by atoms with Crippen LogP contribution in [0, 0.1) is 0 Å². The molecular formula is C15H20N4. The van der Waals surface area contributed by atoms with E-state index in [0.29, 0.717) is 0 Å². The quantitative estimate of drug-likeness (QED) is 0.916. The Labute approximate surface area is 113 Å². The Hall–Kier alpha value is -1.81. The maximum atomic E-state index is 6.23. The molecule has 0 saturated carbocycles. The van der Waals surface area contributed by atoms with Crippen molar-refractivity contribution in [1.29, 1.82) is 0 Å². The van der Waals surface area contributed by atoms with E-state index < -0.39 is 0 Å². The van der Waals surface area contributed by atoms with Gasteiger partial charge < -0.3 is 15.2 Å². The van der Waals surface area contributed by atoms with Crippen molar-refractivity contribution < 1.29 is 0 Å². The molecule has 0 saturated heterocycles. The zero-order chi connectivity index (χ0) is 13.2. The van der Waals surface area contributed by atoms with Crippen LogP contribution in [0.4, 0.5) is 5.69 Å². The van der Waals surface area contributed by atoms with Crippen molar-refractivity contribution >= 4 is 5.69 Å². The van der Waals surface area contributed by atoms with E-state index >= 15 is 0 Å². The van der Waals surface area contributed by atoms with Gasteiger partial charge in [-0.25, -0.2) is 4.98 Å². The van der Waals surface area contributed by atoms with Crippen LogP contribution in [0.1, 0.15) is 30.8 Å². The number of fused-ring (bicyclic) bond motifs is 1. The summed E-state index contributed by atoms with van der Waals surface area (Å²) in [4.78, 5) is 6.80. The molecule has 1 aromatic carbocycles. The SMILES string of the molecule is CCC(N)c1ccccc1N1CCn2ccnc2C1. The zero-order valence-corrected chi connectivity index (χ0v) is 11.3. The topological polar surface area (TPSA) is 47.1 Å². The number of nitrogens with two attached hydrogens (primary N) is 1. The molecular weight excluding hydrogens is 236 g/mol. The summed E-state index contributed by atoms with van der Waals surface area (Å²) in [6.45, 7) is 4.99. The molecule has 3 rings (SSSR count). The molecule has 2 aromatic rings. The van der Waals surface area contributed by atoms with Crippen LogP contribution in [0.25, 0.3) is 0 Å². The van der Waals surface area contributed by atoms with E-state index in [9.17, 15) is 0 Å². The maximum absolute atomic E-state index is 6.23. The van der Waals surface area contributed by atoms with E-state index in [1.807, 2.05) is 6.20 Å². The predicted molar refractivity (Wildman–Crippen MR) is 76.9 cm³/mol. The van der Waals surface area contributed by atoms with Crippen LogP contribution in [0.2, 0.25) is 0 Å². The van der Waals surface area contributed by atoms with Crippen LogP contribution in [-0.4, -0.2) is 16.1 Å². The lowest BCUT2D eigenvalue weighted by Gasteiger charge is -2.32. The highest BCUT2D eigenvalue weighted by atomic mass is 15.2. The van der Waals surface area contributed by atoms with Gasteiger partial charge in [0, 0.05) is 37.2 Å². The average molecular weight is 256 g/mol. The van der Waals surface area contributed by atoms with Crippen molar-refractivity contribution in [3.63, 3.8) is 0 Å². The van der Waals surface area contributed by atoms with Crippen LogP contribution in [-0.2, 0) is 13.1 Å². The summed E-state index contributed by atoms with van der Waals surface area (Å²) in [5, 5.41) is 0. The van der Waals surface area contributed by atoms with Crippen molar-refractivity contribution in [3.8, 4) is 0 Å². The molecule has 1 unspecified atom stereocenters. The Morgan fingerprint density at radius 3 is 3.00 bits per heavy atom. The van der Waals surface area contributed by atoms with Gasteiger partial charge in [0.05, 0.1) is 6.54 Å². The maximum Gasteiger partial charge on any atom is 0.128 e. The minimum Gasteiger partial charge on any atom is -0.362 e. The number of hydrogen-bond acceptors (Lipinski definition) is 3. The van der Waals surface area contributed by atoms with Gasteiger partial charge >= 0.3 is 0 Å². The summed E-state index contributed by atoms with van der Waals surface area (Å²) in [7, 11) is 0. The third-order valence-electron chi connectivity index (χ3n) is 3.86. The summed E-state index contributed by atoms with van der Waals surface area (Å²) in [6, 6.07) is 8.58. The summed E-state index contributed by atoms with van der Waals surface area (Å²) in [5.41, 5.74) is 8.73. The summed E-state index contributed by atoms with van der Waals surface area (Å²) >= 11 is 0. The molecule has 4 heteroatoms. The lowest BCUT2D eigenvalue weighted by molar-refractivity contribution is 0.556. The van der Waals surface area contributed by atoms with Crippen LogP contribution in [0.5, 0.6) is 0 Å². The lowest BCUT2D eigenvalue weighted by Crippen LogP contribution is -2.34. The Balaban J connectivity index is 1.91. The largest absolute Gasteiger partial charge is 0.362 e. The Kier molecular flexibility index (Phi) is 3.25. The molecule has 19 heavy (non-hydrogen) atoms. The molecule has 0 bridgehead atoms. The highest BCUT2D eigenvalue weighted by Gasteiger charge is 2.20. The van der Waals surface area contributed by atoms with E-state index in [0.717, 1.165) is 31.9 Å². The third kappa shape index (κ3) is 2.24. The fraction of sp³-hybridized carbons (Fsp3) is 0.400. The normalized spacial score (nSPS) is 16.2. The van der Waals surface area contributed by atoms with Crippen LogP contribution >= 0.6 is 0 Å². The molecule has 0 fully saturated rings. The standard InChI is InChI=1S/C15H20N4/c1-2-13(16)12-5-3-4-6-14(12)19-10-9-18-8-7-17-15(18)11-19/h3-8,13H,2,9-11,16H2,1H3. The first-order valence-corrected chi connectivity index (χ1v) is 6.89. The van der Waals surface area contributed by atoms with E-state index in [2.05, 4.69) is 51.8 Å². The fourth-order valence-corrected chi connectivity index (χ4v) is 2.69. The van der Waals surface area contributed by atoms with Crippen LogP contribution in [0.3, 0.4) is 0 Å². The summed E-state index contributed by atoms with van der Waals surface area (Å²) in [5.74, 6) is 1.13. The number of benzene rings is 1. The molecule has 4 nitrogen and oxygen atoms in total. The summed E-state index contributed by atoms with van der Waals surface area (Å²) < 4.78 is 2.22. The molecule has 1 aliphatic rings. The van der Waals surface area contributed by atoms with Crippen molar-refractivity contribution in [2.45, 2.75) is 32.5 Å². The summed E-state index contributed by atoms with van der Waals surface area (Å²) in [6.07, 6.45) is 4.89. The Morgan fingerprint density at radius 2 is 2.16 bits per heavy atom. The molecule has 1 atom stereocenters. The van der Waals surface area contributed by atoms with Gasteiger partial charge in [-0.05, 0) is 18.1 Å². The van der Waals surface area contributed by atoms with Gasteiger partial charge in [0.1, 0.15) is 5.82 Å². The first-order chi connectivity index (χ1) is 9.29. The van der Waals surface area contributed by atoms with Gasteiger partial charge in [-0.1, -0.05) is 25.1 Å². The molecule has 0 amide bonds. The van der Waals surface area contributed by atoms with Crippen LogP contribution < -0.4 is 10.6 Å². The second-order valence-corrected chi connectivity index (χ2v) is 5.03. The van der Waals surface area contributed by atoms with Gasteiger partial charge in [0.15, 0.2) is 0 Å². The van der Waals surface area contributed by atoms with Gasteiger partial charge in [0.2, 0.25) is 0 Å². The number of nitrogens with zero attached hydrogens (tertiary/aromatic N) is 3. The highest BCUT2D eigenvalue weighted by molar-refractivity contribution is 5.55. The number of hydrogen-bond donors (Lipinski definition) is 1. The number of aromatic nitrogens is 2. The average Bonchev–Trinajstić information content (AvgIpc) is 2.93. The van der Waals surface area contributed by atoms with E-state index in [1.54, 1.807) is 0 Å². The number of imidazole rings is 1. The first-order valence-electron chi connectivity index (χ1n) is 6.89. The molecule has 0 spiro atoms. The molecule has 0 aliphatic carbocycles. The number of para-hydroxylation sites is 1. The van der Waals surface area contributed by atoms with Crippen molar-refractivity contribution in [3.05, 3.63) is 48.0 Å². The molecule has 2 heterocycles. The molecule has 1 aromatic heterocycles. The van der Waals surface area contributed by atoms with E-state index in [-0.39, 0.29) is 6.04 Å². The first kappa shape index (κ1) is 12.2. The van der Waals surface area contributed by atoms with Gasteiger partial charge in [-0.2, -0.15) is 0 Å². The van der Waals surface area contributed by atoms with Crippen molar-refractivity contribution in [2.24, 2.45) is 5.73 Å². The van der Waals surface area contributed by atoms with Gasteiger partial charge in [-0.15, -0.1) is 0 Å². The smallest absolute Gasteiger partial charge is 0.128 e. The predicted octanol–water partition coefficient (Wildman–Crippen LogP) is 2.31. The van der Waals surface area contributed by atoms with E-state index in [1.165, 1.54) is 11.3 Å². The van der Waals surface area contributed by atoms with Gasteiger partial charge in [-0.3, -0.25) is 0 Å². The van der Waals surface area contributed by atoms with Gasteiger partial charge in [0.25, 0.3) is 0 Å². The lowest BCUT2D eigenvalue weighted by atomic mass is 10.0. The van der Waals surface area contributed by atoms with Crippen molar-refractivity contribution in [1.82, 2.24) is 9.55 Å². The minimum atomic E-state index is 0.109. The zero-order valence-electron chi connectivity index (χ0n) is 11.3. The second-order valence-electron chi connectivity index (χ2n) is 5.03. The number of rotatable bonds is 3.